The Morgan fingerprint density at radius 3 is 2.33 bits per heavy atom. The number of aryl methyl sites for hydroxylation is 1. The SMILES string of the molecule is C=C(c1cccc2ccccc12)N(CCC)Cc1cc(-c2ccccc2)ccc1C. The number of rotatable bonds is 7. The summed E-state index contributed by atoms with van der Waals surface area (Å²) >= 11 is 0. The maximum Gasteiger partial charge on any atom is 0.0432 e. The van der Waals surface area contributed by atoms with Crippen molar-refractivity contribution in [3.05, 3.63) is 114 Å². The molecule has 0 amide bonds. The Morgan fingerprint density at radius 1 is 0.800 bits per heavy atom. The Labute approximate surface area is 180 Å². The Balaban J connectivity index is 1.68. The average Bonchev–Trinajstić information content (AvgIpc) is 2.80. The van der Waals surface area contributed by atoms with Gasteiger partial charge in [-0.3, -0.25) is 0 Å². The van der Waals surface area contributed by atoms with Gasteiger partial charge in [0.15, 0.2) is 0 Å². The maximum absolute atomic E-state index is 4.53. The molecule has 0 unspecified atom stereocenters. The molecule has 0 aliphatic heterocycles. The van der Waals surface area contributed by atoms with E-state index in [-0.39, 0.29) is 0 Å². The van der Waals surface area contributed by atoms with Crippen LogP contribution in [0, 0.1) is 6.92 Å². The van der Waals surface area contributed by atoms with Crippen LogP contribution in [-0.4, -0.2) is 11.4 Å². The topological polar surface area (TPSA) is 3.24 Å². The molecule has 0 heterocycles. The van der Waals surface area contributed by atoms with Gasteiger partial charge in [0.05, 0.1) is 0 Å². The quantitative estimate of drug-likeness (QED) is 0.312. The molecule has 0 radical (unpaired) electrons. The number of nitrogens with zero attached hydrogens (tertiary/aromatic N) is 1. The lowest BCUT2D eigenvalue weighted by Gasteiger charge is -2.28. The van der Waals surface area contributed by atoms with Crippen molar-refractivity contribution in [3.8, 4) is 11.1 Å². The largest absolute Gasteiger partial charge is 0.367 e. The third-order valence-electron chi connectivity index (χ3n) is 5.79. The zero-order valence-electron chi connectivity index (χ0n) is 17.9. The highest BCUT2D eigenvalue weighted by Gasteiger charge is 2.14. The van der Waals surface area contributed by atoms with Crippen LogP contribution in [0.3, 0.4) is 0 Å². The van der Waals surface area contributed by atoms with Crippen molar-refractivity contribution in [2.24, 2.45) is 0 Å². The number of fused-ring (bicyclic) bond motifs is 1. The predicted molar refractivity (Wildman–Crippen MR) is 130 cm³/mol. The first kappa shape index (κ1) is 20.0. The van der Waals surface area contributed by atoms with Gasteiger partial charge in [-0.25, -0.2) is 0 Å². The molecule has 1 nitrogen and oxygen atoms in total. The zero-order valence-corrected chi connectivity index (χ0v) is 17.9. The minimum atomic E-state index is 0.863. The van der Waals surface area contributed by atoms with Crippen molar-refractivity contribution in [2.45, 2.75) is 26.8 Å². The van der Waals surface area contributed by atoms with Crippen LogP contribution in [-0.2, 0) is 6.54 Å². The van der Waals surface area contributed by atoms with E-state index in [1.54, 1.807) is 0 Å². The minimum absolute atomic E-state index is 0.863. The van der Waals surface area contributed by atoms with Gasteiger partial charge in [-0.1, -0.05) is 98.4 Å². The molecule has 4 aromatic rings. The minimum Gasteiger partial charge on any atom is -0.367 e. The molecular formula is C29H29N. The van der Waals surface area contributed by atoms with Gasteiger partial charge in [0, 0.05) is 24.4 Å². The van der Waals surface area contributed by atoms with Crippen LogP contribution in [0.15, 0.2) is 97.6 Å². The van der Waals surface area contributed by atoms with Crippen LogP contribution in [0.1, 0.15) is 30.0 Å². The summed E-state index contributed by atoms with van der Waals surface area (Å²) in [5.74, 6) is 0. The molecule has 0 saturated carbocycles. The van der Waals surface area contributed by atoms with E-state index in [1.165, 1.54) is 38.6 Å². The Bertz CT molecular complexity index is 1150. The van der Waals surface area contributed by atoms with Crippen LogP contribution in [0.2, 0.25) is 0 Å². The summed E-state index contributed by atoms with van der Waals surface area (Å²) in [6.07, 6.45) is 1.08. The summed E-state index contributed by atoms with van der Waals surface area (Å²) in [5.41, 5.74) is 7.52. The monoisotopic (exact) mass is 391 g/mol. The molecule has 30 heavy (non-hydrogen) atoms. The molecular weight excluding hydrogens is 362 g/mol. The maximum atomic E-state index is 4.53. The van der Waals surface area contributed by atoms with Crippen molar-refractivity contribution in [2.75, 3.05) is 6.54 Å². The van der Waals surface area contributed by atoms with Gasteiger partial charge < -0.3 is 4.90 Å². The van der Waals surface area contributed by atoms with Gasteiger partial charge in [-0.15, -0.1) is 0 Å². The molecule has 0 fully saturated rings. The fourth-order valence-corrected chi connectivity index (χ4v) is 4.08. The highest BCUT2D eigenvalue weighted by molar-refractivity contribution is 5.93. The molecule has 0 N–H and O–H groups in total. The van der Waals surface area contributed by atoms with Crippen LogP contribution < -0.4 is 0 Å². The van der Waals surface area contributed by atoms with E-state index in [0.29, 0.717) is 0 Å². The molecule has 0 atom stereocenters. The van der Waals surface area contributed by atoms with Crippen LogP contribution in [0.5, 0.6) is 0 Å². The van der Waals surface area contributed by atoms with E-state index >= 15 is 0 Å². The van der Waals surface area contributed by atoms with E-state index in [1.807, 2.05) is 0 Å². The molecule has 0 saturated heterocycles. The lowest BCUT2D eigenvalue weighted by Crippen LogP contribution is -2.22. The van der Waals surface area contributed by atoms with E-state index in [4.69, 9.17) is 0 Å². The van der Waals surface area contributed by atoms with Gasteiger partial charge in [0.1, 0.15) is 0 Å². The van der Waals surface area contributed by atoms with E-state index < -0.39 is 0 Å². The molecule has 4 aromatic carbocycles. The number of hydrogen-bond acceptors (Lipinski definition) is 1. The number of benzene rings is 4. The molecule has 0 aliphatic carbocycles. The van der Waals surface area contributed by atoms with Crippen molar-refractivity contribution in [1.29, 1.82) is 0 Å². The second-order valence-electron chi connectivity index (χ2n) is 7.90. The highest BCUT2D eigenvalue weighted by Crippen LogP contribution is 2.29. The molecule has 0 aromatic heterocycles. The van der Waals surface area contributed by atoms with E-state index in [9.17, 15) is 0 Å². The first-order valence-electron chi connectivity index (χ1n) is 10.7. The van der Waals surface area contributed by atoms with Crippen molar-refractivity contribution >= 4 is 16.5 Å². The fraction of sp³-hybridized carbons (Fsp3) is 0.172. The van der Waals surface area contributed by atoms with Gasteiger partial charge in [0.2, 0.25) is 0 Å². The summed E-state index contributed by atoms with van der Waals surface area (Å²) in [6.45, 7) is 10.8. The van der Waals surface area contributed by atoms with Gasteiger partial charge in [-0.2, -0.15) is 0 Å². The summed E-state index contributed by atoms with van der Waals surface area (Å²) in [4.78, 5) is 2.43. The molecule has 0 spiro atoms. The summed E-state index contributed by atoms with van der Waals surface area (Å²) in [5, 5.41) is 2.52. The lowest BCUT2D eigenvalue weighted by molar-refractivity contribution is 0.390. The smallest absolute Gasteiger partial charge is 0.0432 e. The van der Waals surface area contributed by atoms with Crippen molar-refractivity contribution < 1.29 is 0 Å². The van der Waals surface area contributed by atoms with E-state index in [2.05, 4.69) is 116 Å². The Kier molecular flexibility index (Phi) is 5.99. The summed E-state index contributed by atoms with van der Waals surface area (Å²) in [6, 6.07) is 32.5. The third-order valence-corrected chi connectivity index (χ3v) is 5.79. The highest BCUT2D eigenvalue weighted by atomic mass is 15.1. The average molecular weight is 392 g/mol. The second kappa shape index (κ2) is 9.00. The first-order chi connectivity index (χ1) is 14.7. The van der Waals surface area contributed by atoms with E-state index in [0.717, 1.165) is 25.2 Å². The summed E-state index contributed by atoms with van der Waals surface area (Å²) < 4.78 is 0. The Hall–Kier alpha value is -3.32. The third kappa shape index (κ3) is 4.16. The molecule has 0 aliphatic rings. The van der Waals surface area contributed by atoms with Crippen LogP contribution in [0.25, 0.3) is 27.6 Å². The van der Waals surface area contributed by atoms with Gasteiger partial charge in [0.25, 0.3) is 0 Å². The van der Waals surface area contributed by atoms with Crippen LogP contribution in [0.4, 0.5) is 0 Å². The molecule has 150 valence electrons. The molecule has 1 heteroatoms. The van der Waals surface area contributed by atoms with Crippen LogP contribution >= 0.6 is 0 Å². The van der Waals surface area contributed by atoms with Crippen molar-refractivity contribution in [3.63, 3.8) is 0 Å². The van der Waals surface area contributed by atoms with Crippen molar-refractivity contribution in [1.82, 2.24) is 4.90 Å². The predicted octanol–water partition coefficient (Wildman–Crippen LogP) is 7.70. The van der Waals surface area contributed by atoms with Gasteiger partial charge >= 0.3 is 0 Å². The normalized spacial score (nSPS) is 10.9. The zero-order chi connectivity index (χ0) is 20.9. The van der Waals surface area contributed by atoms with Gasteiger partial charge in [-0.05, 0) is 52.4 Å². The Morgan fingerprint density at radius 2 is 1.53 bits per heavy atom. The first-order valence-corrected chi connectivity index (χ1v) is 10.7. The second-order valence-corrected chi connectivity index (χ2v) is 7.90. The molecule has 0 bridgehead atoms. The fourth-order valence-electron chi connectivity index (χ4n) is 4.08. The standard InChI is InChI=1S/C29H29N/c1-4-19-30(23(3)28-16-10-14-25-13-8-9-15-29(25)28)21-27-20-26(18-17-22(27)2)24-11-6-5-7-12-24/h5-18,20H,3-4,19,21H2,1-2H3. The lowest BCUT2D eigenvalue weighted by atomic mass is 9.98. The molecule has 4 rings (SSSR count). The summed E-state index contributed by atoms with van der Waals surface area (Å²) in [7, 11) is 0. The number of hydrogen-bond donors (Lipinski definition) is 0.